The zero-order chi connectivity index (χ0) is 25.0. The van der Waals surface area contributed by atoms with E-state index in [4.69, 9.17) is 0 Å². The predicted octanol–water partition coefficient (Wildman–Crippen LogP) is 4.47. The number of benzene rings is 2. The van der Waals surface area contributed by atoms with E-state index >= 15 is 0 Å². The van der Waals surface area contributed by atoms with Crippen molar-refractivity contribution < 1.29 is 18.0 Å². The summed E-state index contributed by atoms with van der Waals surface area (Å²) in [5.74, 6) is -0.459. The normalized spacial score (nSPS) is 19.4. The molecule has 1 aliphatic carbocycles. The molecular weight excluding hydrogens is 462 g/mol. The second-order valence-corrected chi connectivity index (χ2v) is 11.6. The highest BCUT2D eigenvalue weighted by atomic mass is 32.2. The SMILES string of the molecule is CC(=O)Nc1ccc(C)cc1S(=O)(=O)N1CCc2ccccc2C1CC(=O)NC1CCCCCC1. The van der Waals surface area contributed by atoms with Crippen LogP contribution in [0.1, 0.15) is 74.6 Å². The standard InChI is InChI=1S/C27H35N3O4S/c1-19-13-14-24(28-20(2)31)26(17-19)35(33,34)30-16-15-21-9-7-8-12-23(21)25(30)18-27(32)29-22-10-5-3-4-6-11-22/h7-9,12-14,17,22,25H,3-6,10-11,15-16,18H2,1-2H3,(H,28,31)(H,29,32). The van der Waals surface area contributed by atoms with Gasteiger partial charge in [-0.25, -0.2) is 8.42 Å². The van der Waals surface area contributed by atoms with Crippen molar-refractivity contribution in [3.8, 4) is 0 Å². The van der Waals surface area contributed by atoms with Gasteiger partial charge < -0.3 is 10.6 Å². The first-order chi connectivity index (χ1) is 16.8. The van der Waals surface area contributed by atoms with Crippen molar-refractivity contribution in [3.63, 3.8) is 0 Å². The molecule has 0 bridgehead atoms. The minimum atomic E-state index is -4.00. The number of aryl methyl sites for hydroxylation is 1. The maximum atomic E-state index is 14.0. The molecule has 2 aromatic carbocycles. The molecule has 1 unspecified atom stereocenters. The van der Waals surface area contributed by atoms with Crippen LogP contribution in [0.3, 0.4) is 0 Å². The summed E-state index contributed by atoms with van der Waals surface area (Å²) >= 11 is 0. The number of fused-ring (bicyclic) bond motifs is 1. The van der Waals surface area contributed by atoms with Crippen LogP contribution in [0.25, 0.3) is 0 Å². The average Bonchev–Trinajstić information content (AvgIpc) is 3.08. The third-order valence-electron chi connectivity index (χ3n) is 7.00. The maximum absolute atomic E-state index is 14.0. The maximum Gasteiger partial charge on any atom is 0.245 e. The van der Waals surface area contributed by atoms with Crippen LogP contribution in [-0.2, 0) is 26.0 Å². The highest BCUT2D eigenvalue weighted by Crippen LogP contribution is 2.38. The molecular formula is C27H35N3O4S. The fourth-order valence-corrected chi connectivity index (χ4v) is 7.12. The van der Waals surface area contributed by atoms with E-state index in [9.17, 15) is 18.0 Å². The van der Waals surface area contributed by atoms with Gasteiger partial charge in [-0.1, -0.05) is 56.0 Å². The van der Waals surface area contributed by atoms with Gasteiger partial charge in [-0.15, -0.1) is 0 Å². The molecule has 1 saturated carbocycles. The molecule has 1 aliphatic heterocycles. The predicted molar refractivity (Wildman–Crippen MR) is 137 cm³/mol. The number of amides is 2. The molecule has 1 heterocycles. The molecule has 2 aromatic rings. The van der Waals surface area contributed by atoms with Gasteiger partial charge in [0, 0.05) is 25.9 Å². The second-order valence-electron chi connectivity index (χ2n) is 9.72. The van der Waals surface area contributed by atoms with Crippen molar-refractivity contribution in [3.05, 3.63) is 59.2 Å². The van der Waals surface area contributed by atoms with Gasteiger partial charge in [0.1, 0.15) is 4.90 Å². The number of rotatable bonds is 6. The third-order valence-corrected chi connectivity index (χ3v) is 8.94. The van der Waals surface area contributed by atoms with E-state index in [1.165, 1.54) is 24.1 Å². The summed E-state index contributed by atoms with van der Waals surface area (Å²) in [7, 11) is -4.00. The van der Waals surface area contributed by atoms with Crippen molar-refractivity contribution in [1.82, 2.24) is 9.62 Å². The van der Waals surface area contributed by atoms with E-state index in [1.807, 2.05) is 31.2 Å². The monoisotopic (exact) mass is 497 g/mol. The van der Waals surface area contributed by atoms with Crippen molar-refractivity contribution in [2.24, 2.45) is 0 Å². The third kappa shape index (κ3) is 5.93. The topological polar surface area (TPSA) is 95.6 Å². The van der Waals surface area contributed by atoms with Crippen LogP contribution in [0.15, 0.2) is 47.4 Å². The molecule has 1 atom stereocenters. The van der Waals surface area contributed by atoms with E-state index in [0.29, 0.717) is 6.42 Å². The highest BCUT2D eigenvalue weighted by molar-refractivity contribution is 7.89. The fraction of sp³-hybridized carbons (Fsp3) is 0.481. The number of hydrogen-bond acceptors (Lipinski definition) is 4. The van der Waals surface area contributed by atoms with Crippen molar-refractivity contribution in [2.45, 2.75) is 82.2 Å². The van der Waals surface area contributed by atoms with Crippen LogP contribution < -0.4 is 10.6 Å². The van der Waals surface area contributed by atoms with Crippen LogP contribution in [0.2, 0.25) is 0 Å². The second kappa shape index (κ2) is 10.9. The summed E-state index contributed by atoms with van der Waals surface area (Å²) in [6.45, 7) is 3.45. The summed E-state index contributed by atoms with van der Waals surface area (Å²) < 4.78 is 29.5. The molecule has 0 aromatic heterocycles. The lowest BCUT2D eigenvalue weighted by molar-refractivity contribution is -0.123. The Balaban J connectivity index is 1.67. The Morgan fingerprint density at radius 2 is 1.74 bits per heavy atom. The number of nitrogens with one attached hydrogen (secondary N) is 2. The first-order valence-corrected chi connectivity index (χ1v) is 14.0. The van der Waals surface area contributed by atoms with Gasteiger partial charge in [-0.3, -0.25) is 9.59 Å². The molecule has 7 nitrogen and oxygen atoms in total. The van der Waals surface area contributed by atoms with E-state index in [0.717, 1.165) is 42.4 Å². The molecule has 1 fully saturated rings. The molecule has 2 amide bonds. The molecule has 2 aliphatic rings. The Labute approximate surface area is 208 Å². The van der Waals surface area contributed by atoms with E-state index in [-0.39, 0.29) is 41.4 Å². The van der Waals surface area contributed by atoms with Gasteiger partial charge in [-0.05, 0) is 55.0 Å². The smallest absolute Gasteiger partial charge is 0.245 e. The molecule has 0 saturated heterocycles. The van der Waals surface area contributed by atoms with E-state index in [2.05, 4.69) is 10.6 Å². The van der Waals surface area contributed by atoms with Crippen LogP contribution in [0, 0.1) is 6.92 Å². The van der Waals surface area contributed by atoms with Crippen molar-refractivity contribution in [2.75, 3.05) is 11.9 Å². The van der Waals surface area contributed by atoms with Crippen LogP contribution in [0.5, 0.6) is 0 Å². The van der Waals surface area contributed by atoms with Gasteiger partial charge in [-0.2, -0.15) is 4.31 Å². The zero-order valence-electron chi connectivity index (χ0n) is 20.5. The first-order valence-electron chi connectivity index (χ1n) is 12.5. The Morgan fingerprint density at radius 3 is 2.46 bits per heavy atom. The number of carbonyl (C=O) groups excluding carboxylic acids is 2. The van der Waals surface area contributed by atoms with Crippen molar-refractivity contribution >= 4 is 27.5 Å². The van der Waals surface area contributed by atoms with Gasteiger partial charge in [0.15, 0.2) is 0 Å². The number of carbonyl (C=O) groups is 2. The van der Waals surface area contributed by atoms with Crippen LogP contribution in [-0.4, -0.2) is 37.1 Å². The summed E-state index contributed by atoms with van der Waals surface area (Å²) in [5, 5.41) is 5.83. The largest absolute Gasteiger partial charge is 0.353 e. The quantitative estimate of drug-likeness (QED) is 0.576. The molecule has 4 rings (SSSR count). The number of nitrogens with zero attached hydrogens (tertiary/aromatic N) is 1. The molecule has 0 radical (unpaired) electrons. The summed E-state index contributed by atoms with van der Waals surface area (Å²) in [6.07, 6.45) is 7.18. The Kier molecular flexibility index (Phi) is 7.91. The van der Waals surface area contributed by atoms with E-state index < -0.39 is 16.1 Å². The fourth-order valence-electron chi connectivity index (χ4n) is 5.28. The van der Waals surface area contributed by atoms with Gasteiger partial charge >= 0.3 is 0 Å². The lowest BCUT2D eigenvalue weighted by Gasteiger charge is -2.36. The molecule has 2 N–H and O–H groups in total. The Bertz CT molecular complexity index is 1190. The lowest BCUT2D eigenvalue weighted by Crippen LogP contribution is -2.43. The minimum Gasteiger partial charge on any atom is -0.353 e. The summed E-state index contributed by atoms with van der Waals surface area (Å²) in [5.41, 5.74) is 2.96. The van der Waals surface area contributed by atoms with E-state index in [1.54, 1.807) is 18.2 Å². The molecule has 188 valence electrons. The summed E-state index contributed by atoms with van der Waals surface area (Å²) in [6, 6.07) is 12.3. The van der Waals surface area contributed by atoms with Gasteiger partial charge in [0.05, 0.1) is 11.7 Å². The molecule has 35 heavy (non-hydrogen) atoms. The van der Waals surface area contributed by atoms with Gasteiger partial charge in [0.25, 0.3) is 0 Å². The highest BCUT2D eigenvalue weighted by Gasteiger charge is 2.39. The number of sulfonamides is 1. The zero-order valence-corrected chi connectivity index (χ0v) is 21.4. The Hall–Kier alpha value is -2.71. The van der Waals surface area contributed by atoms with Gasteiger partial charge in [0.2, 0.25) is 21.8 Å². The van der Waals surface area contributed by atoms with Crippen molar-refractivity contribution in [1.29, 1.82) is 0 Å². The molecule has 0 spiro atoms. The minimum absolute atomic E-state index is 0.0567. The molecule has 8 heteroatoms. The van der Waals surface area contributed by atoms with Crippen LogP contribution in [0.4, 0.5) is 5.69 Å². The average molecular weight is 498 g/mol. The number of anilines is 1. The van der Waals surface area contributed by atoms with Crippen LogP contribution >= 0.6 is 0 Å². The summed E-state index contributed by atoms with van der Waals surface area (Å²) in [4.78, 5) is 25.0. The number of hydrogen-bond donors (Lipinski definition) is 2. The lowest BCUT2D eigenvalue weighted by atomic mass is 9.92. The first kappa shape index (κ1) is 25.4. The Morgan fingerprint density at radius 1 is 1.03 bits per heavy atom.